The van der Waals surface area contributed by atoms with Gasteiger partial charge in [0.1, 0.15) is 0 Å². The molecule has 1 unspecified atom stereocenters. The van der Waals surface area contributed by atoms with Crippen LogP contribution in [0, 0.1) is 12.8 Å². The largest absolute Gasteiger partial charge is 0.323 e. The molecule has 0 radical (unpaired) electrons. The first kappa shape index (κ1) is 11.6. The predicted molar refractivity (Wildman–Crippen MR) is 70.3 cm³/mol. The summed E-state index contributed by atoms with van der Waals surface area (Å²) < 4.78 is 1.21. The number of thiophene rings is 1. The quantitative estimate of drug-likeness (QED) is 0.876. The maximum Gasteiger partial charge on any atom is 0.0392 e. The van der Waals surface area contributed by atoms with Gasteiger partial charge >= 0.3 is 0 Å². The van der Waals surface area contributed by atoms with E-state index in [1.807, 2.05) is 11.3 Å². The third-order valence-electron chi connectivity index (χ3n) is 3.30. The standard InChI is InChI=1S/C12H18BrNS/c1-8-10(13)7-12(15-8)11(14)6-9-4-2-3-5-9/h7,9,11H,2-6,14H2,1H3. The smallest absolute Gasteiger partial charge is 0.0392 e. The van der Waals surface area contributed by atoms with E-state index in [-0.39, 0.29) is 6.04 Å². The fourth-order valence-electron chi connectivity index (χ4n) is 2.39. The molecule has 0 spiro atoms. The Kier molecular flexibility index (Phi) is 3.86. The van der Waals surface area contributed by atoms with Crippen molar-refractivity contribution in [2.75, 3.05) is 0 Å². The van der Waals surface area contributed by atoms with Gasteiger partial charge in [-0.25, -0.2) is 0 Å². The predicted octanol–water partition coefficient (Wildman–Crippen LogP) is 4.40. The molecular formula is C12H18BrNS. The summed E-state index contributed by atoms with van der Waals surface area (Å²) in [5, 5.41) is 0. The molecule has 1 nitrogen and oxygen atoms in total. The molecule has 1 fully saturated rings. The van der Waals surface area contributed by atoms with Gasteiger partial charge in [-0.05, 0) is 41.3 Å². The van der Waals surface area contributed by atoms with Crippen molar-refractivity contribution in [2.45, 2.75) is 45.1 Å². The summed E-state index contributed by atoms with van der Waals surface area (Å²) in [5.74, 6) is 0.876. The van der Waals surface area contributed by atoms with Gasteiger partial charge in [0.2, 0.25) is 0 Å². The van der Waals surface area contributed by atoms with Gasteiger partial charge in [0.15, 0.2) is 0 Å². The minimum Gasteiger partial charge on any atom is -0.323 e. The molecule has 84 valence electrons. The number of halogens is 1. The van der Waals surface area contributed by atoms with Crippen LogP contribution in [0.1, 0.15) is 47.9 Å². The highest BCUT2D eigenvalue weighted by atomic mass is 79.9. The van der Waals surface area contributed by atoms with Crippen LogP contribution in [0.2, 0.25) is 0 Å². The second-order valence-electron chi connectivity index (χ2n) is 4.55. The molecule has 0 saturated heterocycles. The lowest BCUT2D eigenvalue weighted by Crippen LogP contribution is -2.12. The number of hydrogen-bond acceptors (Lipinski definition) is 2. The van der Waals surface area contributed by atoms with Crippen LogP contribution < -0.4 is 5.73 Å². The van der Waals surface area contributed by atoms with Crippen LogP contribution in [0.15, 0.2) is 10.5 Å². The Labute approximate surface area is 104 Å². The minimum atomic E-state index is 0.253. The van der Waals surface area contributed by atoms with Gasteiger partial charge in [0.25, 0.3) is 0 Å². The molecule has 0 bridgehead atoms. The molecule has 3 heteroatoms. The third kappa shape index (κ3) is 2.83. The van der Waals surface area contributed by atoms with Crippen LogP contribution in [-0.4, -0.2) is 0 Å². The summed E-state index contributed by atoms with van der Waals surface area (Å²) >= 11 is 5.39. The lowest BCUT2D eigenvalue weighted by Gasteiger charge is -2.14. The van der Waals surface area contributed by atoms with Gasteiger partial charge in [-0.15, -0.1) is 11.3 Å². The summed E-state index contributed by atoms with van der Waals surface area (Å²) in [6.45, 7) is 2.14. The molecule has 0 amide bonds. The molecule has 1 saturated carbocycles. The van der Waals surface area contributed by atoms with E-state index in [0.29, 0.717) is 0 Å². The fourth-order valence-corrected chi connectivity index (χ4v) is 3.96. The summed E-state index contributed by atoms with van der Waals surface area (Å²) in [6.07, 6.45) is 6.76. The van der Waals surface area contributed by atoms with Crippen molar-refractivity contribution >= 4 is 27.3 Å². The van der Waals surface area contributed by atoms with Crippen LogP contribution in [-0.2, 0) is 0 Å². The monoisotopic (exact) mass is 287 g/mol. The van der Waals surface area contributed by atoms with E-state index in [0.717, 1.165) is 5.92 Å². The zero-order chi connectivity index (χ0) is 10.8. The summed E-state index contributed by atoms with van der Waals surface area (Å²) in [4.78, 5) is 2.68. The van der Waals surface area contributed by atoms with Gasteiger partial charge in [0.05, 0.1) is 0 Å². The molecule has 0 aromatic carbocycles. The zero-order valence-electron chi connectivity index (χ0n) is 9.13. The lowest BCUT2D eigenvalue weighted by atomic mass is 9.98. The fraction of sp³-hybridized carbons (Fsp3) is 0.667. The summed E-state index contributed by atoms with van der Waals surface area (Å²) in [5.41, 5.74) is 6.25. The van der Waals surface area contributed by atoms with Gasteiger partial charge < -0.3 is 5.73 Å². The molecule has 1 aromatic heterocycles. The topological polar surface area (TPSA) is 26.0 Å². The van der Waals surface area contributed by atoms with E-state index in [2.05, 4.69) is 28.9 Å². The van der Waals surface area contributed by atoms with Gasteiger partial charge in [-0.1, -0.05) is 25.7 Å². The van der Waals surface area contributed by atoms with Crippen molar-refractivity contribution in [3.63, 3.8) is 0 Å². The maximum absolute atomic E-state index is 6.25. The van der Waals surface area contributed by atoms with E-state index < -0.39 is 0 Å². The molecule has 15 heavy (non-hydrogen) atoms. The highest BCUT2D eigenvalue weighted by Gasteiger charge is 2.20. The number of rotatable bonds is 3. The Bertz CT molecular complexity index is 309. The normalized spacial score (nSPS) is 19.7. The highest BCUT2D eigenvalue weighted by molar-refractivity contribution is 9.10. The maximum atomic E-state index is 6.25. The van der Waals surface area contributed by atoms with Crippen LogP contribution in [0.5, 0.6) is 0 Å². The first-order valence-electron chi connectivity index (χ1n) is 5.68. The average molecular weight is 288 g/mol. The van der Waals surface area contributed by atoms with Crippen molar-refractivity contribution in [3.8, 4) is 0 Å². The lowest BCUT2D eigenvalue weighted by molar-refractivity contribution is 0.454. The Morgan fingerprint density at radius 2 is 2.20 bits per heavy atom. The van der Waals surface area contributed by atoms with Crippen LogP contribution >= 0.6 is 27.3 Å². The van der Waals surface area contributed by atoms with Gasteiger partial charge in [-0.2, -0.15) is 0 Å². The van der Waals surface area contributed by atoms with Crippen molar-refractivity contribution in [1.29, 1.82) is 0 Å². The molecule has 1 aromatic rings. The zero-order valence-corrected chi connectivity index (χ0v) is 11.5. The number of aryl methyl sites for hydroxylation is 1. The van der Waals surface area contributed by atoms with E-state index >= 15 is 0 Å². The van der Waals surface area contributed by atoms with Gasteiger partial charge in [-0.3, -0.25) is 0 Å². The molecule has 1 atom stereocenters. The van der Waals surface area contributed by atoms with Gasteiger partial charge in [0, 0.05) is 20.3 Å². The van der Waals surface area contributed by atoms with Crippen LogP contribution in [0.4, 0.5) is 0 Å². The number of nitrogens with two attached hydrogens (primary N) is 1. The molecule has 2 rings (SSSR count). The Hall–Kier alpha value is 0.140. The number of hydrogen-bond donors (Lipinski definition) is 1. The summed E-state index contributed by atoms with van der Waals surface area (Å²) in [6, 6.07) is 2.45. The first-order valence-corrected chi connectivity index (χ1v) is 7.29. The van der Waals surface area contributed by atoms with Crippen molar-refractivity contribution in [3.05, 3.63) is 20.3 Å². The second-order valence-corrected chi connectivity index (χ2v) is 6.69. The van der Waals surface area contributed by atoms with Crippen molar-refractivity contribution < 1.29 is 0 Å². The molecule has 1 aliphatic rings. The molecule has 1 heterocycles. The SMILES string of the molecule is Cc1sc(C(N)CC2CCCC2)cc1Br. The molecular weight excluding hydrogens is 270 g/mol. The van der Waals surface area contributed by atoms with Crippen molar-refractivity contribution in [2.24, 2.45) is 11.7 Å². The van der Waals surface area contributed by atoms with Crippen molar-refractivity contribution in [1.82, 2.24) is 0 Å². The van der Waals surface area contributed by atoms with Crippen LogP contribution in [0.25, 0.3) is 0 Å². The molecule has 0 aliphatic heterocycles. The summed E-state index contributed by atoms with van der Waals surface area (Å²) in [7, 11) is 0. The minimum absolute atomic E-state index is 0.253. The average Bonchev–Trinajstić information content (AvgIpc) is 2.78. The highest BCUT2D eigenvalue weighted by Crippen LogP contribution is 2.36. The van der Waals surface area contributed by atoms with E-state index in [9.17, 15) is 0 Å². The van der Waals surface area contributed by atoms with E-state index in [4.69, 9.17) is 5.73 Å². The first-order chi connectivity index (χ1) is 7.16. The third-order valence-corrected chi connectivity index (χ3v) is 5.57. The Morgan fingerprint density at radius 1 is 1.53 bits per heavy atom. The van der Waals surface area contributed by atoms with E-state index in [1.54, 1.807) is 0 Å². The second kappa shape index (κ2) is 4.98. The van der Waals surface area contributed by atoms with Crippen LogP contribution in [0.3, 0.4) is 0 Å². The Balaban J connectivity index is 1.97. The Morgan fingerprint density at radius 3 is 2.73 bits per heavy atom. The molecule has 1 aliphatic carbocycles. The van der Waals surface area contributed by atoms with E-state index in [1.165, 1.54) is 46.3 Å². The molecule has 2 N–H and O–H groups in total.